The first-order valence-corrected chi connectivity index (χ1v) is 10.7. The summed E-state index contributed by atoms with van der Waals surface area (Å²) in [5.74, 6) is 0.505. The van der Waals surface area contributed by atoms with Crippen molar-refractivity contribution in [1.29, 1.82) is 0 Å². The van der Waals surface area contributed by atoms with Crippen molar-refractivity contribution in [3.05, 3.63) is 41.1 Å². The second-order valence-electron chi connectivity index (χ2n) is 8.48. The monoisotopic (exact) mass is 437 g/mol. The van der Waals surface area contributed by atoms with Crippen molar-refractivity contribution in [3.8, 4) is 11.3 Å². The summed E-state index contributed by atoms with van der Waals surface area (Å²) >= 11 is 0. The second kappa shape index (κ2) is 9.00. The number of amides is 1. The maximum atomic E-state index is 12.9. The molecule has 31 heavy (non-hydrogen) atoms. The molecule has 168 valence electrons. The van der Waals surface area contributed by atoms with E-state index in [9.17, 15) is 23.1 Å². The van der Waals surface area contributed by atoms with E-state index in [0.717, 1.165) is 37.9 Å². The van der Waals surface area contributed by atoms with Gasteiger partial charge in [-0.15, -0.1) is 0 Å². The molecule has 1 amide bonds. The van der Waals surface area contributed by atoms with Gasteiger partial charge in [-0.3, -0.25) is 4.79 Å². The van der Waals surface area contributed by atoms with Gasteiger partial charge in [0.2, 0.25) is 0 Å². The number of halogens is 3. The number of hydrogen-bond donors (Lipinski definition) is 3. The minimum absolute atomic E-state index is 0.123. The molecule has 0 bridgehead atoms. The van der Waals surface area contributed by atoms with Crippen LogP contribution in [0.5, 0.6) is 0 Å². The minimum Gasteiger partial charge on any atom is -0.393 e. The number of carbonyl (C=O) groups is 1. The topological polar surface area (TPSA) is 87.4 Å². The van der Waals surface area contributed by atoms with E-state index in [1.807, 2.05) is 0 Å². The van der Waals surface area contributed by atoms with Crippen molar-refractivity contribution in [1.82, 2.24) is 15.8 Å². The fourth-order valence-electron chi connectivity index (χ4n) is 3.96. The van der Waals surface area contributed by atoms with E-state index < -0.39 is 23.8 Å². The number of nitrogens with one attached hydrogen (secondary N) is 2. The molecule has 2 saturated carbocycles. The molecule has 1 aromatic carbocycles. The van der Waals surface area contributed by atoms with Gasteiger partial charge >= 0.3 is 6.18 Å². The lowest BCUT2D eigenvalue weighted by atomic mass is 9.93. The SMILES string of the molecule is O=C(NC1CCCC(O)C1)c1noc(-c2ccc(C(F)(F)F)cc2)c1CNCC1CC1. The summed E-state index contributed by atoms with van der Waals surface area (Å²) in [7, 11) is 0. The Hall–Kier alpha value is -2.39. The van der Waals surface area contributed by atoms with Crippen molar-refractivity contribution < 1.29 is 27.6 Å². The molecule has 9 heteroatoms. The highest BCUT2D eigenvalue weighted by molar-refractivity contribution is 5.95. The highest BCUT2D eigenvalue weighted by atomic mass is 19.4. The van der Waals surface area contributed by atoms with Crippen LogP contribution < -0.4 is 10.6 Å². The maximum absolute atomic E-state index is 12.9. The summed E-state index contributed by atoms with van der Waals surface area (Å²) in [6, 6.07) is 4.49. The van der Waals surface area contributed by atoms with E-state index in [-0.39, 0.29) is 17.5 Å². The number of carbonyl (C=O) groups excluding carboxylic acids is 1. The lowest BCUT2D eigenvalue weighted by Gasteiger charge is -2.26. The van der Waals surface area contributed by atoms with E-state index in [2.05, 4.69) is 15.8 Å². The summed E-state index contributed by atoms with van der Waals surface area (Å²) in [5, 5.41) is 20.0. The molecule has 0 saturated heterocycles. The van der Waals surface area contributed by atoms with E-state index in [1.54, 1.807) is 0 Å². The molecule has 2 aromatic rings. The summed E-state index contributed by atoms with van der Waals surface area (Å²) in [6.45, 7) is 1.12. The van der Waals surface area contributed by atoms with Crippen LogP contribution in [0.3, 0.4) is 0 Å². The quantitative estimate of drug-likeness (QED) is 0.612. The van der Waals surface area contributed by atoms with E-state index in [4.69, 9.17) is 4.52 Å². The van der Waals surface area contributed by atoms with Crippen LogP contribution in [0, 0.1) is 5.92 Å². The molecule has 0 spiro atoms. The van der Waals surface area contributed by atoms with Crippen LogP contribution in [-0.4, -0.2) is 34.9 Å². The minimum atomic E-state index is -4.43. The lowest BCUT2D eigenvalue weighted by Crippen LogP contribution is -2.40. The molecule has 1 aromatic heterocycles. The average Bonchev–Trinajstić information content (AvgIpc) is 3.44. The first-order valence-electron chi connectivity index (χ1n) is 10.7. The second-order valence-corrected chi connectivity index (χ2v) is 8.48. The number of nitrogens with zero attached hydrogens (tertiary/aromatic N) is 1. The van der Waals surface area contributed by atoms with Crippen molar-refractivity contribution in [3.63, 3.8) is 0 Å². The molecule has 1 heterocycles. The van der Waals surface area contributed by atoms with Crippen LogP contribution in [0.25, 0.3) is 11.3 Å². The Bertz CT molecular complexity index is 907. The molecule has 4 rings (SSSR count). The molecule has 2 fully saturated rings. The predicted molar refractivity (Wildman–Crippen MR) is 107 cm³/mol. The van der Waals surface area contributed by atoms with Gasteiger partial charge in [-0.1, -0.05) is 17.3 Å². The van der Waals surface area contributed by atoms with Gasteiger partial charge in [-0.05, 0) is 63.1 Å². The fourth-order valence-corrected chi connectivity index (χ4v) is 3.96. The zero-order valence-electron chi connectivity index (χ0n) is 17.0. The Kier molecular flexibility index (Phi) is 6.34. The van der Waals surface area contributed by atoms with Crippen molar-refractivity contribution in [2.24, 2.45) is 5.92 Å². The summed E-state index contributed by atoms with van der Waals surface area (Å²) < 4.78 is 44.1. The standard InChI is InChI=1S/C22H26F3N3O3/c23-22(24,25)15-8-6-14(7-9-15)20-18(12-26-11-13-4-5-13)19(28-31-20)21(30)27-16-2-1-3-17(29)10-16/h6-9,13,16-17,26,29H,1-5,10-12H2,(H,27,30). The van der Waals surface area contributed by atoms with Gasteiger partial charge in [0.15, 0.2) is 11.5 Å². The highest BCUT2D eigenvalue weighted by Gasteiger charge is 2.31. The lowest BCUT2D eigenvalue weighted by molar-refractivity contribution is -0.137. The predicted octanol–water partition coefficient (Wildman–Crippen LogP) is 3.89. The number of hydrogen-bond acceptors (Lipinski definition) is 5. The Morgan fingerprint density at radius 2 is 1.90 bits per heavy atom. The number of aliphatic hydroxyl groups is 1. The molecular weight excluding hydrogens is 411 g/mol. The Labute approximate surface area is 178 Å². The maximum Gasteiger partial charge on any atom is 0.416 e. The molecule has 2 aliphatic rings. The molecule has 0 radical (unpaired) electrons. The first-order chi connectivity index (χ1) is 14.8. The van der Waals surface area contributed by atoms with Crippen LogP contribution in [0.1, 0.15) is 60.1 Å². The van der Waals surface area contributed by atoms with Crippen LogP contribution in [0.15, 0.2) is 28.8 Å². The van der Waals surface area contributed by atoms with Crippen LogP contribution in [0.2, 0.25) is 0 Å². The third kappa shape index (κ3) is 5.46. The van der Waals surface area contributed by atoms with Crippen molar-refractivity contribution >= 4 is 5.91 Å². The number of aromatic nitrogens is 1. The van der Waals surface area contributed by atoms with Crippen LogP contribution >= 0.6 is 0 Å². The van der Waals surface area contributed by atoms with Gasteiger partial charge < -0.3 is 20.3 Å². The molecule has 2 atom stereocenters. The molecule has 6 nitrogen and oxygen atoms in total. The van der Waals surface area contributed by atoms with Crippen LogP contribution in [-0.2, 0) is 12.7 Å². The number of alkyl halides is 3. The van der Waals surface area contributed by atoms with E-state index in [0.29, 0.717) is 30.0 Å². The fraction of sp³-hybridized carbons (Fsp3) is 0.545. The van der Waals surface area contributed by atoms with Gasteiger partial charge in [0.1, 0.15) is 0 Å². The normalized spacial score (nSPS) is 21.8. The Morgan fingerprint density at radius 3 is 2.55 bits per heavy atom. The largest absolute Gasteiger partial charge is 0.416 e. The van der Waals surface area contributed by atoms with Crippen LogP contribution in [0.4, 0.5) is 13.2 Å². The number of aliphatic hydroxyl groups excluding tert-OH is 1. The summed E-state index contributed by atoms with van der Waals surface area (Å²) in [4.78, 5) is 12.9. The summed E-state index contributed by atoms with van der Waals surface area (Å²) in [5.41, 5.74) is 0.321. The van der Waals surface area contributed by atoms with Crippen molar-refractivity contribution in [2.45, 2.75) is 63.4 Å². The smallest absolute Gasteiger partial charge is 0.393 e. The van der Waals surface area contributed by atoms with Gasteiger partial charge in [0.05, 0.1) is 11.7 Å². The molecule has 0 aliphatic heterocycles. The van der Waals surface area contributed by atoms with Gasteiger partial charge in [0.25, 0.3) is 5.91 Å². The average molecular weight is 437 g/mol. The zero-order chi connectivity index (χ0) is 22.0. The number of benzene rings is 1. The van der Waals surface area contributed by atoms with Gasteiger partial charge in [-0.25, -0.2) is 0 Å². The molecular formula is C22H26F3N3O3. The molecule has 3 N–H and O–H groups in total. The zero-order valence-corrected chi connectivity index (χ0v) is 17.0. The number of rotatable bonds is 7. The van der Waals surface area contributed by atoms with Gasteiger partial charge in [-0.2, -0.15) is 13.2 Å². The Morgan fingerprint density at radius 1 is 1.16 bits per heavy atom. The van der Waals surface area contributed by atoms with Gasteiger partial charge in [0, 0.05) is 23.7 Å². The molecule has 2 aliphatic carbocycles. The Balaban J connectivity index is 1.56. The molecule has 2 unspecified atom stereocenters. The van der Waals surface area contributed by atoms with E-state index in [1.165, 1.54) is 25.0 Å². The first kappa shape index (κ1) is 21.8. The third-order valence-electron chi connectivity index (χ3n) is 5.89. The summed E-state index contributed by atoms with van der Waals surface area (Å²) in [6.07, 6.45) is 0.303. The van der Waals surface area contributed by atoms with E-state index >= 15 is 0 Å². The highest BCUT2D eigenvalue weighted by Crippen LogP contribution is 2.33. The third-order valence-corrected chi connectivity index (χ3v) is 5.89. The van der Waals surface area contributed by atoms with Crippen molar-refractivity contribution in [2.75, 3.05) is 6.54 Å².